The monoisotopic (exact) mass is 507 g/mol. The lowest BCUT2D eigenvalue weighted by Crippen LogP contribution is -2.33. The van der Waals surface area contributed by atoms with Crippen LogP contribution in [-0.4, -0.2) is 23.5 Å². The van der Waals surface area contributed by atoms with Crippen molar-refractivity contribution in [3.05, 3.63) is 93.5 Å². The number of hydrogen-bond acceptors (Lipinski definition) is 5. The fourth-order valence-corrected chi connectivity index (χ4v) is 3.30. The van der Waals surface area contributed by atoms with Gasteiger partial charge in [0, 0.05) is 10.2 Å². The van der Waals surface area contributed by atoms with Crippen molar-refractivity contribution in [3.63, 3.8) is 0 Å². The van der Waals surface area contributed by atoms with Crippen LogP contribution >= 0.6 is 15.9 Å². The number of benzene rings is 3. The van der Waals surface area contributed by atoms with E-state index in [1.807, 2.05) is 32.0 Å². The number of hydrazone groups is 1. The number of halogens is 1. The van der Waals surface area contributed by atoms with Gasteiger partial charge in [-0.2, -0.15) is 5.10 Å². The molecular formula is C25H22BrN3O4. The van der Waals surface area contributed by atoms with E-state index in [9.17, 15) is 14.4 Å². The van der Waals surface area contributed by atoms with Crippen molar-refractivity contribution in [3.8, 4) is 5.75 Å². The number of carbonyl (C=O) groups is 3. The number of hydrogen-bond donors (Lipinski definition) is 2. The van der Waals surface area contributed by atoms with E-state index >= 15 is 0 Å². The molecule has 0 aliphatic rings. The molecule has 0 atom stereocenters. The number of esters is 1. The van der Waals surface area contributed by atoms with Crippen molar-refractivity contribution < 1.29 is 19.1 Å². The molecule has 0 aromatic heterocycles. The molecule has 2 N–H and O–H groups in total. The first kappa shape index (κ1) is 23.9. The second-order valence-corrected chi connectivity index (χ2v) is 8.16. The first-order valence-corrected chi connectivity index (χ1v) is 10.8. The molecule has 0 aliphatic heterocycles. The predicted molar refractivity (Wildman–Crippen MR) is 130 cm³/mol. The molecule has 8 heteroatoms. The maximum absolute atomic E-state index is 12.3. The zero-order valence-corrected chi connectivity index (χ0v) is 19.9. The molecule has 0 saturated heterocycles. The summed E-state index contributed by atoms with van der Waals surface area (Å²) in [5.74, 6) is -1.81. The van der Waals surface area contributed by atoms with E-state index in [4.69, 9.17) is 4.74 Å². The average molecular weight is 508 g/mol. The average Bonchev–Trinajstić information content (AvgIpc) is 2.80. The molecule has 3 rings (SSSR count). The molecule has 33 heavy (non-hydrogen) atoms. The normalized spacial score (nSPS) is 11.0. The van der Waals surface area contributed by atoms with Crippen LogP contribution in [0.2, 0.25) is 0 Å². The van der Waals surface area contributed by atoms with E-state index in [1.165, 1.54) is 0 Å². The molecule has 0 bridgehead atoms. The second kappa shape index (κ2) is 10.7. The van der Waals surface area contributed by atoms with E-state index < -0.39 is 17.8 Å². The lowest BCUT2D eigenvalue weighted by atomic mass is 10.1. The predicted octanol–water partition coefficient (Wildman–Crippen LogP) is 4.76. The molecule has 0 spiro atoms. The number of amides is 2. The highest BCUT2D eigenvalue weighted by molar-refractivity contribution is 9.10. The maximum atomic E-state index is 12.3. The van der Waals surface area contributed by atoms with Gasteiger partial charge in [0.05, 0.1) is 11.3 Å². The highest BCUT2D eigenvalue weighted by Gasteiger charge is 2.15. The third-order valence-electron chi connectivity index (χ3n) is 4.75. The Labute approximate surface area is 200 Å². The Morgan fingerprint density at radius 1 is 0.909 bits per heavy atom. The van der Waals surface area contributed by atoms with Crippen LogP contribution in [-0.2, 0) is 9.59 Å². The van der Waals surface area contributed by atoms with E-state index in [1.54, 1.807) is 55.5 Å². The van der Waals surface area contributed by atoms with Crippen LogP contribution in [0.4, 0.5) is 5.69 Å². The van der Waals surface area contributed by atoms with Gasteiger partial charge in [-0.1, -0.05) is 24.3 Å². The van der Waals surface area contributed by atoms with Crippen LogP contribution in [0.15, 0.2) is 76.3 Å². The Bertz CT molecular complexity index is 1240. The largest absolute Gasteiger partial charge is 0.423 e. The maximum Gasteiger partial charge on any atom is 0.344 e. The van der Waals surface area contributed by atoms with Gasteiger partial charge in [0.15, 0.2) is 0 Å². The Hall–Kier alpha value is -3.78. The molecule has 0 saturated carbocycles. The summed E-state index contributed by atoms with van der Waals surface area (Å²) >= 11 is 3.33. The Balaban J connectivity index is 1.59. The molecule has 0 fully saturated rings. The third kappa shape index (κ3) is 6.36. The summed E-state index contributed by atoms with van der Waals surface area (Å²) in [6, 6.07) is 19.2. The van der Waals surface area contributed by atoms with Crippen molar-refractivity contribution >= 4 is 45.1 Å². The van der Waals surface area contributed by atoms with Crippen LogP contribution in [0.5, 0.6) is 5.75 Å². The SMILES string of the molecule is C/C(=N\NC(=O)C(=O)Nc1cc(C)ccc1C)c1ccc(OC(=O)c2ccccc2Br)cc1. The number of aryl methyl sites for hydroxylation is 2. The van der Waals surface area contributed by atoms with Crippen LogP contribution < -0.4 is 15.5 Å². The molecule has 2 amide bonds. The van der Waals surface area contributed by atoms with Crippen molar-refractivity contribution in [2.45, 2.75) is 20.8 Å². The number of nitrogens with one attached hydrogen (secondary N) is 2. The van der Waals surface area contributed by atoms with Crippen LogP contribution in [0.3, 0.4) is 0 Å². The van der Waals surface area contributed by atoms with Gasteiger partial charge in [0.25, 0.3) is 0 Å². The van der Waals surface area contributed by atoms with Crippen LogP contribution in [0.25, 0.3) is 0 Å². The summed E-state index contributed by atoms with van der Waals surface area (Å²) in [6.07, 6.45) is 0. The van der Waals surface area contributed by atoms with E-state index in [0.717, 1.165) is 11.1 Å². The summed E-state index contributed by atoms with van der Waals surface area (Å²) < 4.78 is 6.03. The van der Waals surface area contributed by atoms with Gasteiger partial charge in [-0.25, -0.2) is 10.2 Å². The van der Waals surface area contributed by atoms with E-state index in [-0.39, 0.29) is 0 Å². The topological polar surface area (TPSA) is 96.9 Å². The van der Waals surface area contributed by atoms with Gasteiger partial charge in [0.2, 0.25) is 0 Å². The first-order valence-electron chi connectivity index (χ1n) is 10.0. The van der Waals surface area contributed by atoms with E-state index in [0.29, 0.717) is 32.7 Å². The minimum atomic E-state index is -0.880. The molecule has 0 radical (unpaired) electrons. The minimum absolute atomic E-state index is 0.365. The van der Waals surface area contributed by atoms with Gasteiger partial charge in [-0.05, 0) is 95.9 Å². The zero-order chi connectivity index (χ0) is 24.0. The standard InChI is InChI=1S/C25H22BrN3O4/c1-15-8-9-16(2)22(14-15)27-23(30)24(31)29-28-17(3)18-10-12-19(13-11-18)33-25(32)20-6-4-5-7-21(20)26/h4-14H,1-3H3,(H,27,30)(H,29,31)/b28-17+. The Morgan fingerprint density at radius 2 is 1.61 bits per heavy atom. The van der Waals surface area contributed by atoms with Crippen molar-refractivity contribution in [1.29, 1.82) is 0 Å². The number of ether oxygens (including phenoxy) is 1. The highest BCUT2D eigenvalue weighted by atomic mass is 79.9. The summed E-state index contributed by atoms with van der Waals surface area (Å²) in [7, 11) is 0. The van der Waals surface area contributed by atoms with Gasteiger partial charge in [-0.3, -0.25) is 9.59 Å². The number of anilines is 1. The lowest BCUT2D eigenvalue weighted by molar-refractivity contribution is -0.136. The molecule has 168 valence electrons. The summed E-state index contributed by atoms with van der Waals surface area (Å²) in [4.78, 5) is 36.6. The number of rotatable bonds is 5. The number of nitrogens with zero attached hydrogens (tertiary/aromatic N) is 1. The Morgan fingerprint density at radius 3 is 2.30 bits per heavy atom. The van der Waals surface area contributed by atoms with Crippen molar-refractivity contribution in [1.82, 2.24) is 5.43 Å². The quantitative estimate of drug-likeness (QED) is 0.171. The molecule has 0 aliphatic carbocycles. The molecular weight excluding hydrogens is 486 g/mol. The van der Waals surface area contributed by atoms with Crippen LogP contribution in [0, 0.1) is 13.8 Å². The molecule has 0 heterocycles. The minimum Gasteiger partial charge on any atom is -0.423 e. The Kier molecular flexibility index (Phi) is 7.74. The van der Waals surface area contributed by atoms with Crippen LogP contribution in [0.1, 0.15) is 34.0 Å². The summed E-state index contributed by atoms with van der Waals surface area (Å²) in [5, 5.41) is 6.57. The number of carbonyl (C=O) groups excluding carboxylic acids is 3. The zero-order valence-electron chi connectivity index (χ0n) is 18.3. The highest BCUT2D eigenvalue weighted by Crippen LogP contribution is 2.20. The van der Waals surface area contributed by atoms with Crippen molar-refractivity contribution in [2.75, 3.05) is 5.32 Å². The molecule has 3 aromatic carbocycles. The van der Waals surface area contributed by atoms with E-state index in [2.05, 4.69) is 31.8 Å². The molecule has 3 aromatic rings. The third-order valence-corrected chi connectivity index (χ3v) is 5.44. The van der Waals surface area contributed by atoms with Gasteiger partial charge in [0.1, 0.15) is 5.75 Å². The molecule has 7 nitrogen and oxygen atoms in total. The van der Waals surface area contributed by atoms with Gasteiger partial charge in [-0.15, -0.1) is 0 Å². The van der Waals surface area contributed by atoms with Crippen molar-refractivity contribution in [2.24, 2.45) is 5.10 Å². The summed E-state index contributed by atoms with van der Waals surface area (Å²) in [5.41, 5.74) is 6.23. The van der Waals surface area contributed by atoms with Gasteiger partial charge < -0.3 is 10.1 Å². The lowest BCUT2D eigenvalue weighted by Gasteiger charge is -2.09. The second-order valence-electron chi connectivity index (χ2n) is 7.30. The fourth-order valence-electron chi connectivity index (χ4n) is 2.85. The first-order chi connectivity index (χ1) is 15.7. The fraction of sp³-hybridized carbons (Fsp3) is 0.120. The smallest absolute Gasteiger partial charge is 0.344 e. The summed E-state index contributed by atoms with van der Waals surface area (Å²) in [6.45, 7) is 5.43. The molecule has 0 unspecified atom stereocenters. The van der Waals surface area contributed by atoms with Gasteiger partial charge >= 0.3 is 17.8 Å².